The van der Waals surface area contributed by atoms with Crippen molar-refractivity contribution in [3.8, 4) is 0 Å². The topological polar surface area (TPSA) is 55.8 Å². The summed E-state index contributed by atoms with van der Waals surface area (Å²) < 4.78 is 9.67. The maximum Gasteiger partial charge on any atom is 0.330 e. The Morgan fingerprint density at radius 2 is 1.92 bits per heavy atom. The molecule has 0 bridgehead atoms. The van der Waals surface area contributed by atoms with Gasteiger partial charge in [-0.2, -0.15) is 0 Å². The van der Waals surface area contributed by atoms with Gasteiger partial charge in [0.15, 0.2) is 0 Å². The zero-order valence-electron chi connectivity index (χ0n) is 8.50. The molecule has 0 saturated heterocycles. The second kappa shape index (κ2) is 11.1. The largest absolute Gasteiger partial charge is 0.478 e. The number of carbonyl (C=O) groups is 1. The SMILES string of the molecule is C=C(C)C(=O)O.CCOCCOC. The number of ether oxygens (including phenoxy) is 2. The first kappa shape index (κ1) is 14.6. The van der Waals surface area contributed by atoms with Gasteiger partial charge in [0.05, 0.1) is 13.2 Å². The molecule has 78 valence electrons. The lowest BCUT2D eigenvalue weighted by molar-refractivity contribution is -0.132. The Morgan fingerprint density at radius 3 is 2.15 bits per heavy atom. The number of methoxy groups -OCH3 is 1. The van der Waals surface area contributed by atoms with Crippen LogP contribution in [0.4, 0.5) is 0 Å². The molecule has 0 aromatic rings. The van der Waals surface area contributed by atoms with Crippen molar-refractivity contribution in [1.29, 1.82) is 0 Å². The summed E-state index contributed by atoms with van der Waals surface area (Å²) in [6, 6.07) is 0. The van der Waals surface area contributed by atoms with E-state index in [0.29, 0.717) is 13.2 Å². The van der Waals surface area contributed by atoms with Gasteiger partial charge < -0.3 is 14.6 Å². The fourth-order valence-corrected chi connectivity index (χ4v) is 0.287. The van der Waals surface area contributed by atoms with E-state index in [9.17, 15) is 4.79 Å². The molecule has 4 nitrogen and oxygen atoms in total. The van der Waals surface area contributed by atoms with Gasteiger partial charge in [0.25, 0.3) is 0 Å². The fourth-order valence-electron chi connectivity index (χ4n) is 0.287. The standard InChI is InChI=1S/C5H12O2.C4H6O2/c1-3-7-5-4-6-2;1-3(2)4(5)6/h3-5H2,1-2H3;1H2,2H3,(H,5,6). The minimum atomic E-state index is -0.935. The highest BCUT2D eigenvalue weighted by Gasteiger charge is 1.90. The zero-order valence-corrected chi connectivity index (χ0v) is 8.50. The average Bonchev–Trinajstić information content (AvgIpc) is 2.06. The molecule has 0 aliphatic rings. The predicted molar refractivity (Wildman–Crippen MR) is 50.8 cm³/mol. The van der Waals surface area contributed by atoms with Crippen LogP contribution in [-0.4, -0.2) is 38.0 Å². The molecule has 4 heteroatoms. The Morgan fingerprint density at radius 1 is 1.46 bits per heavy atom. The fraction of sp³-hybridized carbons (Fsp3) is 0.667. The Bertz CT molecular complexity index is 127. The number of hydrogen-bond donors (Lipinski definition) is 1. The molecular weight excluding hydrogens is 172 g/mol. The first-order chi connectivity index (χ1) is 6.06. The summed E-state index contributed by atoms with van der Waals surface area (Å²) >= 11 is 0. The summed E-state index contributed by atoms with van der Waals surface area (Å²) in [5.41, 5.74) is 0.176. The number of aliphatic carboxylic acids is 1. The molecule has 0 unspecified atom stereocenters. The highest BCUT2D eigenvalue weighted by molar-refractivity contribution is 5.84. The number of carboxylic acid groups (broad SMARTS) is 1. The van der Waals surface area contributed by atoms with Crippen LogP contribution in [0, 0.1) is 0 Å². The van der Waals surface area contributed by atoms with Gasteiger partial charge in [-0.15, -0.1) is 0 Å². The van der Waals surface area contributed by atoms with Crippen LogP contribution in [0.2, 0.25) is 0 Å². The van der Waals surface area contributed by atoms with Crippen LogP contribution < -0.4 is 0 Å². The normalized spacial score (nSPS) is 8.54. The molecule has 0 saturated carbocycles. The second-order valence-corrected chi connectivity index (χ2v) is 2.28. The van der Waals surface area contributed by atoms with Crippen molar-refractivity contribution in [3.05, 3.63) is 12.2 Å². The van der Waals surface area contributed by atoms with Gasteiger partial charge in [-0.1, -0.05) is 6.58 Å². The van der Waals surface area contributed by atoms with Gasteiger partial charge in [-0.05, 0) is 13.8 Å². The van der Waals surface area contributed by atoms with E-state index < -0.39 is 5.97 Å². The number of carboxylic acids is 1. The average molecular weight is 190 g/mol. The monoisotopic (exact) mass is 190 g/mol. The summed E-state index contributed by atoms with van der Waals surface area (Å²) in [6.45, 7) is 8.77. The second-order valence-electron chi connectivity index (χ2n) is 2.28. The van der Waals surface area contributed by atoms with Crippen molar-refractivity contribution < 1.29 is 19.4 Å². The third-order valence-corrected chi connectivity index (χ3v) is 1.00. The van der Waals surface area contributed by atoms with E-state index in [1.807, 2.05) is 6.92 Å². The molecule has 0 amide bonds. The Balaban J connectivity index is 0. The Labute approximate surface area is 79.2 Å². The van der Waals surface area contributed by atoms with Gasteiger partial charge in [-0.25, -0.2) is 4.79 Å². The van der Waals surface area contributed by atoms with Crippen molar-refractivity contribution >= 4 is 5.97 Å². The highest BCUT2D eigenvalue weighted by Crippen LogP contribution is 1.81. The van der Waals surface area contributed by atoms with Crippen LogP contribution >= 0.6 is 0 Å². The van der Waals surface area contributed by atoms with E-state index >= 15 is 0 Å². The van der Waals surface area contributed by atoms with Gasteiger partial charge in [0.2, 0.25) is 0 Å². The van der Waals surface area contributed by atoms with Crippen molar-refractivity contribution in [3.63, 3.8) is 0 Å². The van der Waals surface area contributed by atoms with Crippen LogP contribution in [0.25, 0.3) is 0 Å². The van der Waals surface area contributed by atoms with E-state index in [1.54, 1.807) is 7.11 Å². The molecule has 1 N–H and O–H groups in total. The lowest BCUT2D eigenvalue weighted by Gasteiger charge is -1.96. The van der Waals surface area contributed by atoms with E-state index in [0.717, 1.165) is 6.61 Å². The number of hydrogen-bond acceptors (Lipinski definition) is 3. The molecule has 0 atom stereocenters. The molecule has 0 heterocycles. The molecule has 0 aromatic carbocycles. The van der Waals surface area contributed by atoms with Crippen molar-refractivity contribution in [2.75, 3.05) is 26.9 Å². The summed E-state index contributed by atoms with van der Waals surface area (Å²) in [6.07, 6.45) is 0. The van der Waals surface area contributed by atoms with E-state index in [2.05, 4.69) is 6.58 Å². The Hall–Kier alpha value is -0.870. The maximum absolute atomic E-state index is 9.60. The molecule has 0 radical (unpaired) electrons. The summed E-state index contributed by atoms with van der Waals surface area (Å²) in [5.74, 6) is -0.935. The molecule has 0 rings (SSSR count). The van der Waals surface area contributed by atoms with E-state index in [4.69, 9.17) is 14.6 Å². The summed E-state index contributed by atoms with van der Waals surface area (Å²) in [7, 11) is 1.67. The lowest BCUT2D eigenvalue weighted by Crippen LogP contribution is -2.00. The number of rotatable bonds is 5. The molecule has 13 heavy (non-hydrogen) atoms. The molecule has 0 fully saturated rings. The van der Waals surface area contributed by atoms with Crippen molar-refractivity contribution in [2.24, 2.45) is 0 Å². The third kappa shape index (κ3) is 18.2. The van der Waals surface area contributed by atoms with E-state index in [-0.39, 0.29) is 5.57 Å². The quantitative estimate of drug-likeness (QED) is 0.524. The van der Waals surface area contributed by atoms with Gasteiger partial charge in [0.1, 0.15) is 0 Å². The lowest BCUT2D eigenvalue weighted by atomic mass is 10.4. The van der Waals surface area contributed by atoms with Crippen LogP contribution in [-0.2, 0) is 14.3 Å². The van der Waals surface area contributed by atoms with Crippen LogP contribution in [0.5, 0.6) is 0 Å². The smallest absolute Gasteiger partial charge is 0.330 e. The van der Waals surface area contributed by atoms with Gasteiger partial charge in [0, 0.05) is 19.3 Å². The molecule has 0 aliphatic heterocycles. The Kier molecular flexibility index (Phi) is 12.5. The van der Waals surface area contributed by atoms with Crippen LogP contribution in [0.1, 0.15) is 13.8 Å². The van der Waals surface area contributed by atoms with E-state index in [1.165, 1.54) is 6.92 Å². The van der Waals surface area contributed by atoms with Crippen LogP contribution in [0.3, 0.4) is 0 Å². The van der Waals surface area contributed by atoms with Crippen molar-refractivity contribution in [1.82, 2.24) is 0 Å². The van der Waals surface area contributed by atoms with Crippen LogP contribution in [0.15, 0.2) is 12.2 Å². The molecule has 0 aliphatic carbocycles. The molecule has 0 spiro atoms. The minimum Gasteiger partial charge on any atom is -0.478 e. The summed E-state index contributed by atoms with van der Waals surface area (Å²) in [4.78, 5) is 9.60. The first-order valence-electron chi connectivity index (χ1n) is 4.01. The van der Waals surface area contributed by atoms with Gasteiger partial charge >= 0.3 is 5.97 Å². The predicted octanol–water partition coefficient (Wildman–Crippen LogP) is 1.32. The highest BCUT2D eigenvalue weighted by atomic mass is 16.5. The molecular formula is C9H18O4. The molecule has 0 aromatic heterocycles. The first-order valence-corrected chi connectivity index (χ1v) is 4.01. The summed E-state index contributed by atoms with van der Waals surface area (Å²) in [5, 5.41) is 7.89. The van der Waals surface area contributed by atoms with Crippen molar-refractivity contribution in [2.45, 2.75) is 13.8 Å². The van der Waals surface area contributed by atoms with Gasteiger partial charge in [-0.3, -0.25) is 0 Å². The minimum absolute atomic E-state index is 0.176. The third-order valence-electron chi connectivity index (χ3n) is 1.00. The zero-order chi connectivity index (χ0) is 10.7. The maximum atomic E-state index is 9.60.